The standard InChI is InChI=1S/C13H17N3O/c1-15-9-12-10-16(6-7-17-12)13-5-3-2-4-11(13)8-14/h2-5,12,15H,6-7,9-10H2,1H3. The van der Waals surface area contributed by atoms with Gasteiger partial charge in [-0.05, 0) is 19.2 Å². The van der Waals surface area contributed by atoms with Gasteiger partial charge in [0.15, 0.2) is 0 Å². The van der Waals surface area contributed by atoms with Crippen LogP contribution in [0.3, 0.4) is 0 Å². The van der Waals surface area contributed by atoms with Crippen molar-refractivity contribution in [2.45, 2.75) is 6.10 Å². The molecule has 1 atom stereocenters. The second-order valence-corrected chi connectivity index (χ2v) is 4.13. The normalized spacial score (nSPS) is 20.0. The van der Waals surface area contributed by atoms with Crippen LogP contribution < -0.4 is 10.2 Å². The van der Waals surface area contributed by atoms with Crippen molar-refractivity contribution >= 4 is 5.69 Å². The zero-order valence-electron chi connectivity index (χ0n) is 10.0. The average molecular weight is 231 g/mol. The Morgan fingerprint density at radius 1 is 1.53 bits per heavy atom. The van der Waals surface area contributed by atoms with E-state index in [4.69, 9.17) is 10.00 Å². The number of likely N-dealkylation sites (N-methyl/N-ethyl adjacent to an activating group) is 1. The zero-order chi connectivity index (χ0) is 12.1. The number of para-hydroxylation sites is 1. The number of nitriles is 1. The third-order valence-corrected chi connectivity index (χ3v) is 2.94. The van der Waals surface area contributed by atoms with Crippen molar-refractivity contribution in [1.29, 1.82) is 5.26 Å². The van der Waals surface area contributed by atoms with Crippen LogP contribution in [0.4, 0.5) is 5.69 Å². The van der Waals surface area contributed by atoms with Crippen LogP contribution in [0.2, 0.25) is 0 Å². The number of anilines is 1. The second kappa shape index (κ2) is 5.67. The minimum absolute atomic E-state index is 0.195. The van der Waals surface area contributed by atoms with Gasteiger partial charge in [-0.1, -0.05) is 12.1 Å². The zero-order valence-corrected chi connectivity index (χ0v) is 10.0. The quantitative estimate of drug-likeness (QED) is 0.842. The lowest BCUT2D eigenvalue weighted by Gasteiger charge is -2.34. The van der Waals surface area contributed by atoms with Crippen LogP contribution in [-0.4, -0.2) is 39.4 Å². The molecule has 4 nitrogen and oxygen atoms in total. The molecule has 1 fully saturated rings. The topological polar surface area (TPSA) is 48.3 Å². The van der Waals surface area contributed by atoms with Crippen molar-refractivity contribution in [3.8, 4) is 6.07 Å². The molecule has 0 bridgehead atoms. The van der Waals surface area contributed by atoms with E-state index < -0.39 is 0 Å². The fourth-order valence-corrected chi connectivity index (χ4v) is 2.13. The summed E-state index contributed by atoms with van der Waals surface area (Å²) in [7, 11) is 1.92. The van der Waals surface area contributed by atoms with E-state index in [2.05, 4.69) is 16.3 Å². The van der Waals surface area contributed by atoms with Crippen LogP contribution in [0.5, 0.6) is 0 Å². The van der Waals surface area contributed by atoms with Gasteiger partial charge in [0, 0.05) is 19.6 Å². The highest BCUT2D eigenvalue weighted by Crippen LogP contribution is 2.21. The minimum Gasteiger partial charge on any atom is -0.373 e. The summed E-state index contributed by atoms with van der Waals surface area (Å²) in [6.07, 6.45) is 0.195. The van der Waals surface area contributed by atoms with Gasteiger partial charge in [0.2, 0.25) is 0 Å². The van der Waals surface area contributed by atoms with Crippen molar-refractivity contribution in [3.05, 3.63) is 29.8 Å². The van der Waals surface area contributed by atoms with E-state index >= 15 is 0 Å². The van der Waals surface area contributed by atoms with E-state index in [0.29, 0.717) is 6.61 Å². The molecule has 0 saturated carbocycles. The summed E-state index contributed by atoms with van der Waals surface area (Å²) in [6.45, 7) is 3.23. The maximum atomic E-state index is 9.10. The first kappa shape index (κ1) is 11.9. The number of morpholine rings is 1. The lowest BCUT2D eigenvalue weighted by atomic mass is 10.1. The number of nitrogens with zero attached hydrogens (tertiary/aromatic N) is 2. The van der Waals surface area contributed by atoms with Gasteiger partial charge >= 0.3 is 0 Å². The molecule has 1 aromatic rings. The molecule has 1 unspecified atom stereocenters. The summed E-state index contributed by atoms with van der Waals surface area (Å²) in [5, 5.41) is 12.2. The number of hydrogen-bond acceptors (Lipinski definition) is 4. The third kappa shape index (κ3) is 2.76. The van der Waals surface area contributed by atoms with E-state index in [9.17, 15) is 0 Å². The van der Waals surface area contributed by atoms with Crippen LogP contribution in [0.1, 0.15) is 5.56 Å². The molecule has 0 aromatic heterocycles. The van der Waals surface area contributed by atoms with E-state index in [1.807, 2.05) is 31.3 Å². The van der Waals surface area contributed by atoms with Gasteiger partial charge in [-0.15, -0.1) is 0 Å². The molecule has 1 heterocycles. The molecular formula is C13H17N3O. The summed E-state index contributed by atoms with van der Waals surface area (Å²) >= 11 is 0. The van der Waals surface area contributed by atoms with Gasteiger partial charge in [-0.2, -0.15) is 5.26 Å². The van der Waals surface area contributed by atoms with Crippen LogP contribution >= 0.6 is 0 Å². The summed E-state index contributed by atoms with van der Waals surface area (Å²) < 4.78 is 5.66. The molecule has 90 valence electrons. The van der Waals surface area contributed by atoms with E-state index in [-0.39, 0.29) is 6.10 Å². The van der Waals surface area contributed by atoms with Gasteiger partial charge in [-0.3, -0.25) is 0 Å². The fraction of sp³-hybridized carbons (Fsp3) is 0.462. The largest absolute Gasteiger partial charge is 0.373 e. The van der Waals surface area contributed by atoms with Crippen LogP contribution in [0.25, 0.3) is 0 Å². The molecule has 1 aromatic carbocycles. The molecule has 0 spiro atoms. The smallest absolute Gasteiger partial charge is 0.101 e. The van der Waals surface area contributed by atoms with Crippen LogP contribution in [0.15, 0.2) is 24.3 Å². The van der Waals surface area contributed by atoms with Crippen molar-refractivity contribution in [3.63, 3.8) is 0 Å². The van der Waals surface area contributed by atoms with Crippen molar-refractivity contribution in [1.82, 2.24) is 5.32 Å². The SMILES string of the molecule is CNCC1CN(c2ccccc2C#N)CCO1. The van der Waals surface area contributed by atoms with Gasteiger partial charge in [-0.25, -0.2) is 0 Å². The number of nitrogens with one attached hydrogen (secondary N) is 1. The average Bonchev–Trinajstić information content (AvgIpc) is 2.39. The summed E-state index contributed by atoms with van der Waals surface area (Å²) in [6, 6.07) is 9.97. The molecule has 17 heavy (non-hydrogen) atoms. The Hall–Kier alpha value is -1.57. The summed E-state index contributed by atoms with van der Waals surface area (Å²) in [4.78, 5) is 2.23. The van der Waals surface area contributed by atoms with Crippen molar-refractivity contribution < 1.29 is 4.74 Å². The summed E-state index contributed by atoms with van der Waals surface area (Å²) in [5.74, 6) is 0. The first-order chi connectivity index (χ1) is 8.35. The fourth-order valence-electron chi connectivity index (χ4n) is 2.13. The lowest BCUT2D eigenvalue weighted by Crippen LogP contribution is -2.46. The number of ether oxygens (including phenoxy) is 1. The Kier molecular flexibility index (Phi) is 3.97. The van der Waals surface area contributed by atoms with Crippen molar-refractivity contribution in [2.24, 2.45) is 0 Å². The van der Waals surface area contributed by atoms with Crippen LogP contribution in [-0.2, 0) is 4.74 Å². The van der Waals surface area contributed by atoms with Crippen molar-refractivity contribution in [2.75, 3.05) is 38.2 Å². The Morgan fingerprint density at radius 2 is 2.35 bits per heavy atom. The minimum atomic E-state index is 0.195. The first-order valence-electron chi connectivity index (χ1n) is 5.85. The maximum Gasteiger partial charge on any atom is 0.101 e. The molecule has 1 N–H and O–H groups in total. The van der Waals surface area contributed by atoms with Gasteiger partial charge in [0.05, 0.1) is 24.0 Å². The van der Waals surface area contributed by atoms with Gasteiger partial charge in [0.1, 0.15) is 6.07 Å². The van der Waals surface area contributed by atoms with E-state index in [1.165, 1.54) is 0 Å². The lowest BCUT2D eigenvalue weighted by molar-refractivity contribution is 0.0421. The molecule has 0 radical (unpaired) electrons. The Balaban J connectivity index is 2.14. The summed E-state index contributed by atoms with van der Waals surface area (Å²) in [5.41, 5.74) is 1.75. The molecule has 1 aliphatic rings. The number of rotatable bonds is 3. The van der Waals surface area contributed by atoms with E-state index in [0.717, 1.165) is 30.9 Å². The molecule has 0 amide bonds. The molecule has 4 heteroatoms. The van der Waals surface area contributed by atoms with Crippen LogP contribution in [0, 0.1) is 11.3 Å². The number of benzene rings is 1. The Morgan fingerprint density at radius 3 is 3.12 bits per heavy atom. The highest BCUT2D eigenvalue weighted by molar-refractivity contribution is 5.59. The molecule has 2 rings (SSSR count). The molecular weight excluding hydrogens is 214 g/mol. The highest BCUT2D eigenvalue weighted by atomic mass is 16.5. The molecule has 0 aliphatic carbocycles. The van der Waals surface area contributed by atoms with Gasteiger partial charge in [0.25, 0.3) is 0 Å². The van der Waals surface area contributed by atoms with Gasteiger partial charge < -0.3 is 15.0 Å². The monoisotopic (exact) mass is 231 g/mol. The van der Waals surface area contributed by atoms with E-state index in [1.54, 1.807) is 0 Å². The Labute approximate surface area is 102 Å². The maximum absolute atomic E-state index is 9.10. The molecule has 1 aliphatic heterocycles. The number of hydrogen-bond donors (Lipinski definition) is 1. The predicted molar refractivity (Wildman–Crippen MR) is 67.0 cm³/mol. The molecule has 1 saturated heterocycles. The highest BCUT2D eigenvalue weighted by Gasteiger charge is 2.21. The predicted octanol–water partition coefficient (Wildman–Crippen LogP) is 0.983. The first-order valence-corrected chi connectivity index (χ1v) is 5.85. The third-order valence-electron chi connectivity index (χ3n) is 2.94. The Bertz CT molecular complexity index is 411. The second-order valence-electron chi connectivity index (χ2n) is 4.13.